The number of fused-ring (bicyclic) bond motifs is 8. The molecule has 38 heavy (non-hydrogen) atoms. The molecule has 178 valence electrons. The van der Waals surface area contributed by atoms with Crippen LogP contribution in [-0.2, 0) is 0 Å². The molecule has 0 spiro atoms. The van der Waals surface area contributed by atoms with E-state index in [4.69, 9.17) is 0 Å². The van der Waals surface area contributed by atoms with Crippen molar-refractivity contribution in [2.45, 2.75) is 0 Å². The Morgan fingerprint density at radius 3 is 1.84 bits per heavy atom. The first-order valence-corrected chi connectivity index (χ1v) is 13.0. The van der Waals surface area contributed by atoms with Crippen molar-refractivity contribution in [3.63, 3.8) is 0 Å². The Morgan fingerprint density at radius 2 is 1.03 bits per heavy atom. The largest absolute Gasteiger partial charge is 0.295 e. The molecule has 0 bridgehead atoms. The van der Waals surface area contributed by atoms with E-state index in [9.17, 15) is 0 Å². The van der Waals surface area contributed by atoms with Crippen LogP contribution in [0.15, 0.2) is 146 Å². The molecule has 0 fully saturated rings. The van der Waals surface area contributed by atoms with Gasteiger partial charge in [0.25, 0.3) is 0 Å². The van der Waals surface area contributed by atoms with Gasteiger partial charge in [0.05, 0.1) is 16.9 Å². The quantitative estimate of drug-likeness (QED) is 0.237. The van der Waals surface area contributed by atoms with E-state index >= 15 is 0 Å². The Morgan fingerprint density at radius 1 is 0.395 bits per heavy atom. The van der Waals surface area contributed by atoms with Crippen molar-refractivity contribution in [2.75, 3.05) is 4.90 Å². The van der Waals surface area contributed by atoms with Gasteiger partial charge in [-0.05, 0) is 64.4 Å². The Bertz CT molecular complexity index is 1960. The topological polar surface area (TPSA) is 8.17 Å². The summed E-state index contributed by atoms with van der Waals surface area (Å²) in [6.07, 6.45) is 0. The predicted molar refractivity (Wildman–Crippen MR) is 160 cm³/mol. The van der Waals surface area contributed by atoms with E-state index in [0.29, 0.717) is 0 Å². The van der Waals surface area contributed by atoms with Crippen LogP contribution in [0, 0.1) is 0 Å². The first-order chi connectivity index (χ1) is 18.8. The molecule has 0 aliphatic carbocycles. The van der Waals surface area contributed by atoms with Crippen LogP contribution in [0.1, 0.15) is 0 Å². The van der Waals surface area contributed by atoms with Crippen molar-refractivity contribution in [3.8, 4) is 27.9 Å². The highest BCUT2D eigenvalue weighted by molar-refractivity contribution is 6.02. The van der Waals surface area contributed by atoms with E-state index in [1.54, 1.807) is 0 Å². The monoisotopic (exact) mass is 484 g/mol. The van der Waals surface area contributed by atoms with Gasteiger partial charge in [0.15, 0.2) is 0 Å². The van der Waals surface area contributed by atoms with Crippen molar-refractivity contribution in [1.82, 2.24) is 4.57 Å². The molecule has 8 rings (SSSR count). The summed E-state index contributed by atoms with van der Waals surface area (Å²) >= 11 is 0. The first kappa shape index (κ1) is 21.0. The summed E-state index contributed by atoms with van der Waals surface area (Å²) in [6.45, 7) is 0. The Kier molecular flexibility index (Phi) is 4.55. The van der Waals surface area contributed by atoms with E-state index in [-0.39, 0.29) is 0 Å². The molecular weight excluding hydrogens is 460 g/mol. The molecule has 0 amide bonds. The minimum absolute atomic E-state index is 1.14. The van der Waals surface area contributed by atoms with Crippen LogP contribution >= 0.6 is 0 Å². The highest BCUT2D eigenvalue weighted by Crippen LogP contribution is 2.49. The van der Waals surface area contributed by atoms with Gasteiger partial charge in [0.1, 0.15) is 5.82 Å². The molecular formula is C36H24N2. The average molecular weight is 485 g/mol. The lowest BCUT2D eigenvalue weighted by Crippen LogP contribution is -2.12. The van der Waals surface area contributed by atoms with Gasteiger partial charge in [-0.2, -0.15) is 0 Å². The second kappa shape index (κ2) is 8.22. The summed E-state index contributed by atoms with van der Waals surface area (Å²) in [4.78, 5) is 2.41. The van der Waals surface area contributed by atoms with E-state index in [1.807, 2.05) is 0 Å². The number of aromatic nitrogens is 1. The van der Waals surface area contributed by atoms with Crippen LogP contribution in [0.4, 0.5) is 17.2 Å². The summed E-state index contributed by atoms with van der Waals surface area (Å²) < 4.78 is 2.43. The number of rotatable bonds is 2. The Hall–Kier alpha value is -5.08. The fourth-order valence-electron chi connectivity index (χ4n) is 5.91. The maximum Gasteiger partial charge on any atom is 0.123 e. The van der Waals surface area contributed by atoms with Gasteiger partial charge in [-0.3, -0.25) is 9.47 Å². The summed E-state index contributed by atoms with van der Waals surface area (Å²) in [5.41, 5.74) is 9.64. The highest BCUT2D eigenvalue weighted by atomic mass is 15.3. The van der Waals surface area contributed by atoms with Gasteiger partial charge in [-0.25, -0.2) is 0 Å². The second-order valence-electron chi connectivity index (χ2n) is 9.88. The molecule has 6 aromatic carbocycles. The minimum atomic E-state index is 1.14. The fraction of sp³-hybridized carbons (Fsp3) is 0. The molecule has 0 unspecified atom stereocenters. The fourth-order valence-corrected chi connectivity index (χ4v) is 5.91. The number of hydrogen-bond acceptors (Lipinski definition) is 1. The zero-order valence-electron chi connectivity index (χ0n) is 20.8. The molecule has 7 aromatic rings. The number of nitrogens with zero attached hydrogens (tertiary/aromatic N) is 2. The van der Waals surface area contributed by atoms with Crippen LogP contribution in [-0.4, -0.2) is 4.57 Å². The van der Waals surface area contributed by atoms with Crippen LogP contribution in [0.2, 0.25) is 0 Å². The molecule has 1 aromatic heterocycles. The van der Waals surface area contributed by atoms with Gasteiger partial charge in [-0.1, -0.05) is 103 Å². The average Bonchev–Trinajstić information content (AvgIpc) is 3.31. The van der Waals surface area contributed by atoms with E-state index in [2.05, 4.69) is 155 Å². The zero-order chi connectivity index (χ0) is 25.1. The summed E-state index contributed by atoms with van der Waals surface area (Å²) in [5, 5.41) is 3.72. The van der Waals surface area contributed by atoms with Crippen LogP contribution in [0.5, 0.6) is 0 Å². The summed E-state index contributed by atoms with van der Waals surface area (Å²) in [7, 11) is 0. The van der Waals surface area contributed by atoms with Crippen LogP contribution in [0.25, 0.3) is 49.6 Å². The molecule has 0 N–H and O–H groups in total. The summed E-state index contributed by atoms with van der Waals surface area (Å²) in [6, 6.07) is 52.7. The molecule has 1 aliphatic rings. The van der Waals surface area contributed by atoms with Crippen molar-refractivity contribution in [3.05, 3.63) is 146 Å². The highest BCUT2D eigenvalue weighted by Gasteiger charge is 2.28. The van der Waals surface area contributed by atoms with Crippen molar-refractivity contribution < 1.29 is 0 Å². The Labute approximate surface area is 221 Å². The molecule has 0 saturated carbocycles. The van der Waals surface area contributed by atoms with Gasteiger partial charge in [-0.15, -0.1) is 0 Å². The maximum absolute atomic E-state index is 2.43. The van der Waals surface area contributed by atoms with Crippen molar-refractivity contribution >= 4 is 38.9 Å². The van der Waals surface area contributed by atoms with Crippen molar-refractivity contribution in [1.29, 1.82) is 0 Å². The van der Waals surface area contributed by atoms with Crippen LogP contribution in [0.3, 0.4) is 0 Å². The van der Waals surface area contributed by atoms with Gasteiger partial charge in [0.2, 0.25) is 0 Å². The third-order valence-electron chi connectivity index (χ3n) is 7.69. The van der Waals surface area contributed by atoms with E-state index < -0.39 is 0 Å². The number of hydrogen-bond donors (Lipinski definition) is 0. The predicted octanol–water partition coefficient (Wildman–Crippen LogP) is 9.90. The molecule has 1 aliphatic heterocycles. The van der Waals surface area contributed by atoms with E-state index in [0.717, 1.165) is 11.5 Å². The number of anilines is 3. The van der Waals surface area contributed by atoms with Gasteiger partial charge < -0.3 is 0 Å². The molecule has 2 heteroatoms. The van der Waals surface area contributed by atoms with Gasteiger partial charge in [0, 0.05) is 22.2 Å². The lowest BCUT2D eigenvalue weighted by atomic mass is 9.97. The number of para-hydroxylation sites is 2. The van der Waals surface area contributed by atoms with Gasteiger partial charge >= 0.3 is 0 Å². The minimum Gasteiger partial charge on any atom is -0.295 e. The lowest BCUT2D eigenvalue weighted by Gasteiger charge is -2.26. The third-order valence-corrected chi connectivity index (χ3v) is 7.69. The lowest BCUT2D eigenvalue weighted by molar-refractivity contribution is 1.09. The van der Waals surface area contributed by atoms with E-state index in [1.165, 1.54) is 55.3 Å². The molecule has 0 radical (unpaired) electrons. The number of benzene rings is 6. The summed E-state index contributed by atoms with van der Waals surface area (Å²) in [5.74, 6) is 1.14. The van der Waals surface area contributed by atoms with Crippen molar-refractivity contribution in [2.24, 2.45) is 0 Å². The van der Waals surface area contributed by atoms with Crippen LogP contribution < -0.4 is 4.90 Å². The first-order valence-electron chi connectivity index (χ1n) is 13.0. The second-order valence-corrected chi connectivity index (χ2v) is 9.88. The zero-order valence-corrected chi connectivity index (χ0v) is 20.8. The standard InChI is InChI=1S/C36H24N2/c1-2-10-25(11-3-1)26-18-20-30(21-19-26)37-34-17-9-7-15-31(34)32-22-27-12-4-5-13-28(27)23-35(32)38-33-16-8-6-14-29(33)24-36(37)38/h1-24H. The maximum atomic E-state index is 2.43. The molecule has 0 atom stereocenters. The molecule has 2 nitrogen and oxygen atoms in total. The Balaban J connectivity index is 1.44. The molecule has 2 heterocycles. The molecule has 0 saturated heterocycles. The smallest absolute Gasteiger partial charge is 0.123 e. The normalized spacial score (nSPS) is 12.2. The third kappa shape index (κ3) is 3.14. The SMILES string of the molecule is c1ccc(-c2ccc(N3c4ccccc4-c4cc5ccccc5cc4-n4c3cc3ccccc34)cc2)cc1.